The molecule has 0 aliphatic carbocycles. The van der Waals surface area contributed by atoms with Gasteiger partial charge >= 0.3 is 0 Å². The van der Waals surface area contributed by atoms with E-state index in [1.54, 1.807) is 0 Å². The highest BCUT2D eigenvalue weighted by Crippen LogP contribution is 2.20. The summed E-state index contributed by atoms with van der Waals surface area (Å²) < 4.78 is 5.76. The molecule has 0 fully saturated rings. The fraction of sp³-hybridized carbons (Fsp3) is 0.368. The Bertz CT molecular complexity index is 577. The van der Waals surface area contributed by atoms with Crippen LogP contribution >= 0.6 is 0 Å². The topological polar surface area (TPSA) is 21.3 Å². The van der Waals surface area contributed by atoms with Crippen LogP contribution in [0.15, 0.2) is 48.5 Å². The summed E-state index contributed by atoms with van der Waals surface area (Å²) in [6, 6.07) is 17.1. The third-order valence-corrected chi connectivity index (χ3v) is 3.59. The molecule has 0 aliphatic heterocycles. The van der Waals surface area contributed by atoms with Gasteiger partial charge in [0, 0.05) is 12.6 Å². The van der Waals surface area contributed by atoms with Gasteiger partial charge in [0.25, 0.3) is 0 Å². The van der Waals surface area contributed by atoms with Gasteiger partial charge in [0.2, 0.25) is 0 Å². The van der Waals surface area contributed by atoms with Crippen LogP contribution in [0.25, 0.3) is 0 Å². The number of hydrogen-bond acceptors (Lipinski definition) is 2. The van der Waals surface area contributed by atoms with Crippen molar-refractivity contribution in [2.45, 2.75) is 46.4 Å². The van der Waals surface area contributed by atoms with Crippen molar-refractivity contribution in [2.75, 3.05) is 0 Å². The number of rotatable bonds is 6. The first-order valence-electron chi connectivity index (χ1n) is 7.61. The Kier molecular flexibility index (Phi) is 5.40. The molecule has 0 bridgehead atoms. The largest absolute Gasteiger partial charge is 0.491 e. The quantitative estimate of drug-likeness (QED) is 0.834. The van der Waals surface area contributed by atoms with E-state index in [0.29, 0.717) is 6.04 Å². The molecule has 0 aliphatic rings. The lowest BCUT2D eigenvalue weighted by Crippen LogP contribution is -2.18. The highest BCUT2D eigenvalue weighted by molar-refractivity contribution is 5.31. The van der Waals surface area contributed by atoms with Crippen molar-refractivity contribution in [2.24, 2.45) is 0 Å². The molecule has 0 amide bonds. The minimum absolute atomic E-state index is 0.204. The molecule has 2 aromatic carbocycles. The average Bonchev–Trinajstić information content (AvgIpc) is 2.45. The number of benzene rings is 2. The van der Waals surface area contributed by atoms with Crippen molar-refractivity contribution in [3.05, 3.63) is 65.2 Å². The van der Waals surface area contributed by atoms with E-state index in [1.165, 1.54) is 16.7 Å². The lowest BCUT2D eigenvalue weighted by atomic mass is 10.1. The summed E-state index contributed by atoms with van der Waals surface area (Å²) in [4.78, 5) is 0. The van der Waals surface area contributed by atoms with E-state index in [0.717, 1.165) is 12.3 Å². The number of hydrogen-bond donors (Lipinski definition) is 1. The second-order valence-electron chi connectivity index (χ2n) is 5.77. The van der Waals surface area contributed by atoms with Crippen molar-refractivity contribution in [3.63, 3.8) is 0 Å². The molecule has 2 heteroatoms. The van der Waals surface area contributed by atoms with Crippen LogP contribution in [-0.2, 0) is 6.54 Å². The van der Waals surface area contributed by atoms with Gasteiger partial charge in [0.1, 0.15) is 5.75 Å². The van der Waals surface area contributed by atoms with E-state index in [9.17, 15) is 0 Å². The van der Waals surface area contributed by atoms with Crippen molar-refractivity contribution in [1.29, 1.82) is 0 Å². The molecule has 1 N–H and O–H groups in total. The Morgan fingerprint density at radius 3 is 2.48 bits per heavy atom. The predicted molar refractivity (Wildman–Crippen MR) is 88.6 cm³/mol. The van der Waals surface area contributed by atoms with Gasteiger partial charge in [-0.2, -0.15) is 0 Å². The molecule has 2 rings (SSSR count). The summed E-state index contributed by atoms with van der Waals surface area (Å²) in [6.45, 7) is 9.31. The van der Waals surface area contributed by atoms with Gasteiger partial charge in [-0.25, -0.2) is 0 Å². The van der Waals surface area contributed by atoms with E-state index in [1.807, 2.05) is 19.9 Å². The van der Waals surface area contributed by atoms with Crippen LogP contribution in [-0.4, -0.2) is 6.10 Å². The molecule has 112 valence electrons. The molecule has 2 aromatic rings. The summed E-state index contributed by atoms with van der Waals surface area (Å²) in [5, 5.41) is 3.58. The summed E-state index contributed by atoms with van der Waals surface area (Å²) in [7, 11) is 0. The zero-order valence-electron chi connectivity index (χ0n) is 13.4. The van der Waals surface area contributed by atoms with Gasteiger partial charge in [-0.3, -0.25) is 0 Å². The van der Waals surface area contributed by atoms with Crippen LogP contribution in [0.1, 0.15) is 43.5 Å². The Morgan fingerprint density at radius 2 is 1.76 bits per heavy atom. The van der Waals surface area contributed by atoms with Crippen LogP contribution in [0.4, 0.5) is 0 Å². The molecule has 0 aromatic heterocycles. The summed E-state index contributed by atoms with van der Waals surface area (Å²) >= 11 is 0. The second-order valence-corrected chi connectivity index (χ2v) is 5.77. The SMILES string of the molecule is Cc1ccccc1CNC(C)c1cccc(OC(C)C)c1. The van der Waals surface area contributed by atoms with Crippen molar-refractivity contribution >= 4 is 0 Å². The first-order chi connectivity index (χ1) is 10.1. The Labute approximate surface area is 128 Å². The zero-order valence-corrected chi connectivity index (χ0v) is 13.4. The van der Waals surface area contributed by atoms with E-state index < -0.39 is 0 Å². The van der Waals surface area contributed by atoms with Crippen LogP contribution < -0.4 is 10.1 Å². The molecule has 0 heterocycles. The van der Waals surface area contributed by atoms with Gasteiger partial charge < -0.3 is 10.1 Å². The third-order valence-electron chi connectivity index (χ3n) is 3.59. The van der Waals surface area contributed by atoms with E-state index >= 15 is 0 Å². The lowest BCUT2D eigenvalue weighted by molar-refractivity contribution is 0.242. The first-order valence-corrected chi connectivity index (χ1v) is 7.61. The normalized spacial score (nSPS) is 12.4. The summed E-state index contributed by atoms with van der Waals surface area (Å²) in [6.07, 6.45) is 0.204. The Hall–Kier alpha value is -1.80. The fourth-order valence-electron chi connectivity index (χ4n) is 2.32. The molecule has 1 unspecified atom stereocenters. The molecule has 21 heavy (non-hydrogen) atoms. The lowest BCUT2D eigenvalue weighted by Gasteiger charge is -2.17. The maximum absolute atomic E-state index is 5.76. The highest BCUT2D eigenvalue weighted by Gasteiger charge is 2.07. The van der Waals surface area contributed by atoms with Crippen molar-refractivity contribution in [3.8, 4) is 5.75 Å². The number of ether oxygens (including phenoxy) is 1. The molecular formula is C19H25NO. The van der Waals surface area contributed by atoms with Gasteiger partial charge in [-0.15, -0.1) is 0 Å². The van der Waals surface area contributed by atoms with Crippen molar-refractivity contribution < 1.29 is 4.74 Å². The van der Waals surface area contributed by atoms with Crippen LogP contribution in [0, 0.1) is 6.92 Å². The number of aryl methyl sites for hydroxylation is 1. The predicted octanol–water partition coefficient (Wildman–Crippen LogP) is 4.63. The van der Waals surface area contributed by atoms with Crippen LogP contribution in [0.5, 0.6) is 5.75 Å². The summed E-state index contributed by atoms with van der Waals surface area (Å²) in [5.41, 5.74) is 3.93. The smallest absolute Gasteiger partial charge is 0.120 e. The summed E-state index contributed by atoms with van der Waals surface area (Å²) in [5.74, 6) is 0.937. The third kappa shape index (κ3) is 4.61. The highest BCUT2D eigenvalue weighted by atomic mass is 16.5. The average molecular weight is 283 g/mol. The Balaban J connectivity index is 2.00. The molecule has 0 spiro atoms. The standard InChI is InChI=1S/C19H25NO/c1-14(2)21-19-11-7-10-17(12-19)16(4)20-13-18-9-6-5-8-15(18)3/h5-12,14,16,20H,13H2,1-4H3. The maximum atomic E-state index is 5.76. The maximum Gasteiger partial charge on any atom is 0.120 e. The molecule has 0 saturated heterocycles. The monoisotopic (exact) mass is 283 g/mol. The van der Waals surface area contributed by atoms with Crippen LogP contribution in [0.2, 0.25) is 0 Å². The minimum Gasteiger partial charge on any atom is -0.491 e. The molecule has 0 radical (unpaired) electrons. The fourth-order valence-corrected chi connectivity index (χ4v) is 2.32. The van der Waals surface area contributed by atoms with Gasteiger partial charge in [-0.1, -0.05) is 36.4 Å². The van der Waals surface area contributed by atoms with Gasteiger partial charge in [0.05, 0.1) is 6.10 Å². The van der Waals surface area contributed by atoms with Crippen LogP contribution in [0.3, 0.4) is 0 Å². The second kappa shape index (κ2) is 7.28. The molecule has 0 saturated carbocycles. The number of nitrogens with one attached hydrogen (secondary N) is 1. The van der Waals surface area contributed by atoms with Crippen molar-refractivity contribution in [1.82, 2.24) is 5.32 Å². The van der Waals surface area contributed by atoms with E-state index in [4.69, 9.17) is 4.74 Å². The van der Waals surface area contributed by atoms with E-state index in [2.05, 4.69) is 61.6 Å². The minimum atomic E-state index is 0.204. The first kappa shape index (κ1) is 15.6. The molecular weight excluding hydrogens is 258 g/mol. The molecule has 1 atom stereocenters. The Morgan fingerprint density at radius 1 is 1.00 bits per heavy atom. The van der Waals surface area contributed by atoms with Gasteiger partial charge in [-0.05, 0) is 56.5 Å². The molecule has 2 nitrogen and oxygen atoms in total. The van der Waals surface area contributed by atoms with Gasteiger partial charge in [0.15, 0.2) is 0 Å². The van der Waals surface area contributed by atoms with E-state index in [-0.39, 0.29) is 6.10 Å². The zero-order chi connectivity index (χ0) is 15.2.